The van der Waals surface area contributed by atoms with Crippen molar-refractivity contribution in [1.82, 2.24) is 5.32 Å². The lowest BCUT2D eigenvalue weighted by atomic mass is 9.44. The Balaban J connectivity index is 1.46. The third kappa shape index (κ3) is 3.65. The maximum Gasteiger partial charge on any atom is 0.220 e. The van der Waals surface area contributed by atoms with E-state index < -0.39 is 0 Å². The second kappa shape index (κ2) is 8.56. The summed E-state index contributed by atoms with van der Waals surface area (Å²) in [6.07, 6.45) is 13.6. The second-order valence-corrected chi connectivity index (χ2v) is 11.8. The number of amides is 1. The summed E-state index contributed by atoms with van der Waals surface area (Å²) in [5.74, 6) is 3.71. The van der Waals surface area contributed by atoms with Crippen LogP contribution in [0.3, 0.4) is 0 Å². The summed E-state index contributed by atoms with van der Waals surface area (Å²) in [6, 6.07) is 0. The van der Waals surface area contributed by atoms with Crippen molar-refractivity contribution in [3.05, 3.63) is 0 Å². The van der Waals surface area contributed by atoms with Gasteiger partial charge in [-0.3, -0.25) is 4.79 Å². The molecule has 0 bridgehead atoms. The smallest absolute Gasteiger partial charge is 0.220 e. The zero-order valence-corrected chi connectivity index (χ0v) is 19.4. The molecule has 0 aromatic rings. The molecule has 4 aliphatic rings. The summed E-state index contributed by atoms with van der Waals surface area (Å²) < 4.78 is 0. The predicted molar refractivity (Wildman–Crippen MR) is 119 cm³/mol. The minimum atomic E-state index is -0.112. The quantitative estimate of drug-likeness (QED) is 0.614. The maximum absolute atomic E-state index is 12.0. The first-order valence-corrected chi connectivity index (χ1v) is 12.7. The molecule has 4 nitrogen and oxygen atoms in total. The molecule has 4 heteroatoms. The monoisotopic (exact) mass is 417 g/mol. The van der Waals surface area contributed by atoms with Gasteiger partial charge >= 0.3 is 0 Å². The maximum atomic E-state index is 12.0. The van der Waals surface area contributed by atoms with E-state index in [0.29, 0.717) is 46.8 Å². The molecule has 0 aliphatic heterocycles. The molecule has 4 saturated carbocycles. The molecule has 4 aliphatic carbocycles. The van der Waals surface area contributed by atoms with Crippen molar-refractivity contribution in [2.24, 2.45) is 46.3 Å². The second-order valence-electron chi connectivity index (χ2n) is 11.8. The highest BCUT2D eigenvalue weighted by Crippen LogP contribution is 2.68. The summed E-state index contributed by atoms with van der Waals surface area (Å²) in [5.41, 5.74) is 0.753. The number of carbonyl (C=O) groups is 2. The lowest BCUT2D eigenvalue weighted by molar-refractivity contribution is -0.164. The number of aliphatic hydroxyl groups is 1. The van der Waals surface area contributed by atoms with Crippen LogP contribution < -0.4 is 5.32 Å². The van der Waals surface area contributed by atoms with Crippen LogP contribution in [0.1, 0.15) is 91.4 Å². The highest BCUT2D eigenvalue weighted by Gasteiger charge is 2.62. The lowest BCUT2D eigenvalue weighted by Crippen LogP contribution is -2.57. The molecule has 0 spiro atoms. The summed E-state index contributed by atoms with van der Waals surface area (Å²) in [4.78, 5) is 22.5. The number of rotatable bonds is 6. The predicted octanol–water partition coefficient (Wildman–Crippen LogP) is 4.74. The molecule has 0 aromatic heterocycles. The number of nitrogens with one attached hydrogen (secondary N) is 1. The molecule has 4 rings (SSSR count). The molecule has 170 valence electrons. The fourth-order valence-electron chi connectivity index (χ4n) is 9.03. The standard InChI is InChI=1S/C26H43NO3/c1-17(7-10-23(30)27-14-15-28)19-8-9-20-24-21(11-13-26(19,20)3)25(2)12-5-4-6-18(25)16-22(24)29/h15,17-22,24,29H,4-14,16H2,1-3H3,(H,27,30)/t17-,18?,19?,20?,21?,22?,24?,25?,26?/m1/s1. The van der Waals surface area contributed by atoms with E-state index in [-0.39, 0.29) is 18.6 Å². The van der Waals surface area contributed by atoms with Gasteiger partial charge in [-0.1, -0.05) is 33.6 Å². The van der Waals surface area contributed by atoms with Crippen molar-refractivity contribution in [3.8, 4) is 0 Å². The molecular formula is C26H43NO3. The fourth-order valence-corrected chi connectivity index (χ4v) is 9.03. The van der Waals surface area contributed by atoms with Crippen LogP contribution >= 0.6 is 0 Å². The molecular weight excluding hydrogens is 374 g/mol. The zero-order chi connectivity index (χ0) is 21.5. The van der Waals surface area contributed by atoms with Gasteiger partial charge in [0.1, 0.15) is 6.29 Å². The minimum Gasteiger partial charge on any atom is -0.393 e. The molecule has 0 heterocycles. The summed E-state index contributed by atoms with van der Waals surface area (Å²) >= 11 is 0. The van der Waals surface area contributed by atoms with Crippen LogP contribution in [0, 0.1) is 46.3 Å². The first-order valence-electron chi connectivity index (χ1n) is 12.7. The van der Waals surface area contributed by atoms with E-state index in [1.807, 2.05) is 0 Å². The molecule has 9 atom stereocenters. The molecule has 1 amide bonds. The third-order valence-electron chi connectivity index (χ3n) is 10.6. The molecule has 2 N–H and O–H groups in total. The van der Waals surface area contributed by atoms with E-state index in [1.54, 1.807) is 0 Å². The van der Waals surface area contributed by atoms with Gasteiger partial charge in [-0.25, -0.2) is 0 Å². The highest BCUT2D eigenvalue weighted by atomic mass is 16.3. The Hall–Kier alpha value is -0.900. The van der Waals surface area contributed by atoms with Crippen LogP contribution in [0.2, 0.25) is 0 Å². The Kier molecular flexibility index (Phi) is 6.36. The van der Waals surface area contributed by atoms with Gasteiger partial charge < -0.3 is 15.2 Å². The van der Waals surface area contributed by atoms with Crippen molar-refractivity contribution in [2.45, 2.75) is 97.5 Å². The van der Waals surface area contributed by atoms with Crippen molar-refractivity contribution in [3.63, 3.8) is 0 Å². The van der Waals surface area contributed by atoms with Gasteiger partial charge in [-0.05, 0) is 97.7 Å². The molecule has 8 unspecified atom stereocenters. The Morgan fingerprint density at radius 3 is 2.63 bits per heavy atom. The van der Waals surface area contributed by atoms with Crippen molar-refractivity contribution < 1.29 is 14.7 Å². The van der Waals surface area contributed by atoms with Crippen molar-refractivity contribution in [2.75, 3.05) is 6.54 Å². The van der Waals surface area contributed by atoms with Crippen LogP contribution in [-0.4, -0.2) is 29.9 Å². The van der Waals surface area contributed by atoms with Gasteiger partial charge in [0.25, 0.3) is 0 Å². The van der Waals surface area contributed by atoms with E-state index in [4.69, 9.17) is 0 Å². The number of aliphatic hydroxyl groups excluding tert-OH is 1. The molecule has 30 heavy (non-hydrogen) atoms. The van der Waals surface area contributed by atoms with Crippen LogP contribution in [-0.2, 0) is 9.59 Å². The van der Waals surface area contributed by atoms with Gasteiger partial charge in [0.2, 0.25) is 5.91 Å². The summed E-state index contributed by atoms with van der Waals surface area (Å²) in [7, 11) is 0. The van der Waals surface area contributed by atoms with Crippen LogP contribution in [0.15, 0.2) is 0 Å². The van der Waals surface area contributed by atoms with Gasteiger partial charge in [0.05, 0.1) is 12.6 Å². The number of hydrogen-bond acceptors (Lipinski definition) is 3. The minimum absolute atomic E-state index is 0.00340. The highest BCUT2D eigenvalue weighted by molar-refractivity contribution is 5.78. The van der Waals surface area contributed by atoms with Crippen molar-refractivity contribution >= 4 is 12.2 Å². The number of carbonyl (C=O) groups excluding carboxylic acids is 2. The Bertz CT molecular complexity index is 650. The van der Waals surface area contributed by atoms with Crippen LogP contribution in [0.5, 0.6) is 0 Å². The number of aldehydes is 1. The van der Waals surface area contributed by atoms with Gasteiger partial charge in [0, 0.05) is 6.42 Å². The Morgan fingerprint density at radius 1 is 1.10 bits per heavy atom. The SMILES string of the molecule is C[C@H](CCC(=O)NCC=O)C1CCC2C3C(O)CC4CCCCC4(C)C3CCC21C. The Morgan fingerprint density at radius 2 is 1.87 bits per heavy atom. The topological polar surface area (TPSA) is 66.4 Å². The zero-order valence-electron chi connectivity index (χ0n) is 19.4. The molecule has 4 fully saturated rings. The fraction of sp³-hybridized carbons (Fsp3) is 0.923. The van der Waals surface area contributed by atoms with Crippen molar-refractivity contribution in [1.29, 1.82) is 0 Å². The van der Waals surface area contributed by atoms with E-state index >= 15 is 0 Å². The van der Waals surface area contributed by atoms with Crippen LogP contribution in [0.4, 0.5) is 0 Å². The molecule has 0 saturated heterocycles. The lowest BCUT2D eigenvalue weighted by Gasteiger charge is -2.62. The van der Waals surface area contributed by atoms with Crippen LogP contribution in [0.25, 0.3) is 0 Å². The number of hydrogen-bond donors (Lipinski definition) is 2. The van der Waals surface area contributed by atoms with E-state index in [0.717, 1.165) is 25.0 Å². The summed E-state index contributed by atoms with van der Waals surface area (Å²) in [6.45, 7) is 7.52. The molecule has 0 aromatic carbocycles. The average molecular weight is 418 g/mol. The van der Waals surface area contributed by atoms with E-state index in [2.05, 4.69) is 26.1 Å². The largest absolute Gasteiger partial charge is 0.393 e. The van der Waals surface area contributed by atoms with Gasteiger partial charge in [-0.15, -0.1) is 0 Å². The normalized spacial score (nSPS) is 46.3. The van der Waals surface area contributed by atoms with E-state index in [1.165, 1.54) is 51.4 Å². The third-order valence-corrected chi connectivity index (χ3v) is 10.6. The average Bonchev–Trinajstić information content (AvgIpc) is 3.08. The first kappa shape index (κ1) is 22.3. The van der Waals surface area contributed by atoms with E-state index in [9.17, 15) is 14.7 Å². The van der Waals surface area contributed by atoms with Gasteiger partial charge in [-0.2, -0.15) is 0 Å². The summed E-state index contributed by atoms with van der Waals surface area (Å²) in [5, 5.41) is 14.0. The molecule has 0 radical (unpaired) electrons. The number of fused-ring (bicyclic) bond motifs is 5. The first-order chi connectivity index (χ1) is 14.3. The van der Waals surface area contributed by atoms with Gasteiger partial charge in [0.15, 0.2) is 0 Å². The Labute approximate surface area is 183 Å².